The Balaban J connectivity index is -0.0000000712. The standard InChI is InChI=1S/3C5H6N2.3C2H2O4.Nb.2H2O.O/c3*6-5-1-3-7-4-2-5;3*3-1(4)2(5)6;;;;/h3*1-4H,(H2,6,7);3*(H,3,4)(H,5,6);;2*1H2;/q;;;;;;+5;;;-2/p-3. The fourth-order valence-electron chi connectivity index (χ4n) is 1.20. The number of hydrogen-bond donors (Lipinski definition) is 3. The fraction of sp³-hybridized carbons (Fsp3) is 0. The van der Waals surface area contributed by atoms with E-state index in [1.165, 1.54) is 0 Å². The Hall–Kier alpha value is -5.71. The number of carbonyl (C=O) groups is 6. The number of rotatable bonds is 0. The van der Waals surface area contributed by atoms with Crippen LogP contribution in [-0.4, -0.2) is 46.8 Å². The first-order chi connectivity index (χ1) is 18.1. The van der Waals surface area contributed by atoms with Gasteiger partial charge in [0.2, 0.25) is 0 Å². The van der Waals surface area contributed by atoms with E-state index in [0.29, 0.717) is 0 Å². The number of carbonyl (C=O) groups excluding carboxylic acids is 6. The average molecular weight is 694 g/mol. The van der Waals surface area contributed by atoms with Crippen molar-refractivity contribution in [2.75, 3.05) is 17.2 Å². The maximum absolute atomic E-state index is 8.93. The minimum atomic E-state index is -2.19. The number of aliphatic carboxylic acids is 6. The third-order valence-electron chi connectivity index (χ3n) is 2.73. The summed E-state index contributed by atoms with van der Waals surface area (Å²) in [6, 6.07) is 10.8. The van der Waals surface area contributed by atoms with E-state index in [-0.39, 0.29) is 38.8 Å². The van der Waals surface area contributed by atoms with Gasteiger partial charge in [-0.05, 0) is 0 Å². The van der Waals surface area contributed by atoms with Crippen molar-refractivity contribution in [3.63, 3.8) is 0 Å². The minimum absolute atomic E-state index is 0. The molecule has 0 aliphatic carbocycles. The minimum Gasteiger partial charge on any atom is -2.00 e. The van der Waals surface area contributed by atoms with Gasteiger partial charge in [-0.3, -0.25) is 0 Å². The summed E-state index contributed by atoms with van der Waals surface area (Å²) in [6.45, 7) is 0. The van der Waals surface area contributed by atoms with Crippen LogP contribution in [0, 0.1) is 0 Å². The molecule has 22 heteroatoms. The van der Waals surface area contributed by atoms with E-state index in [2.05, 4.69) is 15.0 Å². The van der Waals surface area contributed by atoms with Crippen LogP contribution in [0.4, 0.5) is 17.1 Å². The molecule has 13 N–H and O–H groups in total. The van der Waals surface area contributed by atoms with Crippen molar-refractivity contribution in [3.8, 4) is 0 Å². The number of anilines is 3. The largest absolute Gasteiger partial charge is 5.00 e. The number of pyridine rings is 3. The van der Waals surface area contributed by atoms with Gasteiger partial charge in [-0.15, -0.1) is 0 Å². The van der Waals surface area contributed by atoms with Gasteiger partial charge in [-0.1, -0.05) is 0 Å². The number of carboxylic acids is 6. The quantitative estimate of drug-likeness (QED) is 0.145. The summed E-state index contributed by atoms with van der Waals surface area (Å²) < 4.78 is 0. The molecule has 0 amide bonds. The van der Waals surface area contributed by atoms with Gasteiger partial charge in [-0.2, -0.15) is 0 Å². The molecule has 0 unspecified atom stereocenters. The van der Waals surface area contributed by atoms with Crippen molar-refractivity contribution in [1.82, 2.24) is 0 Å². The van der Waals surface area contributed by atoms with E-state index < -0.39 is 35.8 Å². The summed E-state index contributed by atoms with van der Waals surface area (Å²) in [4.78, 5) is 62.1. The van der Waals surface area contributed by atoms with Gasteiger partial charge in [0.25, 0.3) is 0 Å². The Morgan fingerprint density at radius 1 is 0.419 bits per heavy atom. The van der Waals surface area contributed by atoms with Crippen LogP contribution in [0.15, 0.2) is 73.6 Å². The van der Waals surface area contributed by atoms with E-state index in [9.17, 15) is 0 Å². The van der Waals surface area contributed by atoms with E-state index in [0.717, 1.165) is 17.1 Å². The van der Waals surface area contributed by atoms with Gasteiger partial charge in [0.15, 0.2) is 37.2 Å². The smallest absolute Gasteiger partial charge is 2.00 e. The second kappa shape index (κ2) is 34.3. The number of nitrogens with two attached hydrogens (primary N) is 3. The SMILES string of the molecule is Nc1cc[nH+]cc1.Nc1cc[nH+]cc1.Nc1cc[nH+]cc1.O.O.O=C([O-])C(=O)[O-].O=C([O-])C(=O)[O-].O=C([O-])C(=O)[O-].[Nb+5].[O-2]. The number of hydrogen-bond acceptors (Lipinski definition) is 15. The van der Waals surface area contributed by atoms with Gasteiger partial charge < -0.3 is 93.0 Å². The average Bonchev–Trinajstić information content (AvgIpc) is 2.87. The first kappa shape index (κ1) is 53.5. The number of aromatic nitrogens is 3. The van der Waals surface area contributed by atoms with Crippen LogP contribution in [0.1, 0.15) is 0 Å². The number of nitrogen functional groups attached to an aromatic ring is 3. The van der Waals surface area contributed by atoms with Crippen molar-refractivity contribution >= 4 is 52.9 Å². The molecule has 0 aromatic carbocycles. The van der Waals surface area contributed by atoms with Crippen LogP contribution >= 0.6 is 0 Å². The van der Waals surface area contributed by atoms with Gasteiger partial charge in [0.05, 0.1) is 35.8 Å². The second-order valence-electron chi connectivity index (χ2n) is 5.72. The van der Waals surface area contributed by atoms with Crippen molar-refractivity contribution in [1.29, 1.82) is 0 Å². The van der Waals surface area contributed by atoms with E-state index in [4.69, 9.17) is 76.6 Å². The molecule has 0 saturated carbocycles. The maximum Gasteiger partial charge on any atom is 5.00 e. The predicted octanol–water partition coefficient (Wildman–Crippen LogP) is -12.1. The zero-order chi connectivity index (χ0) is 30.8. The van der Waals surface area contributed by atoms with E-state index in [1.807, 2.05) is 0 Å². The third-order valence-corrected chi connectivity index (χ3v) is 2.73. The molecule has 21 nitrogen and oxygen atoms in total. The van der Waals surface area contributed by atoms with Crippen LogP contribution in [0.25, 0.3) is 0 Å². The zero-order valence-corrected chi connectivity index (χ0v) is 23.6. The Bertz CT molecular complexity index is 979. The number of aromatic amines is 3. The number of nitrogens with one attached hydrogen (secondary N) is 3. The van der Waals surface area contributed by atoms with Crippen LogP contribution in [0.2, 0.25) is 0 Å². The molecule has 0 radical (unpaired) electrons. The van der Waals surface area contributed by atoms with Crippen LogP contribution in [-0.2, 0) is 56.6 Å². The van der Waals surface area contributed by atoms with Crippen molar-refractivity contribution in [3.05, 3.63) is 73.6 Å². The van der Waals surface area contributed by atoms with E-state index in [1.54, 1.807) is 73.6 Å². The maximum atomic E-state index is 8.93. The first-order valence-corrected chi connectivity index (χ1v) is 9.53. The molecule has 0 bridgehead atoms. The summed E-state index contributed by atoms with van der Waals surface area (Å²) in [5, 5.41) is 53.6. The molecule has 3 aromatic rings. The molecule has 43 heavy (non-hydrogen) atoms. The van der Waals surface area contributed by atoms with Gasteiger partial charge in [-0.25, -0.2) is 15.0 Å². The molecule has 0 aliphatic rings. The Labute approximate surface area is 256 Å². The molecule has 3 aromatic heterocycles. The molecule has 0 aliphatic heterocycles. The summed E-state index contributed by atoms with van der Waals surface area (Å²) in [6.07, 6.45) is 10.7. The third kappa shape index (κ3) is 46.5. The molecule has 0 atom stereocenters. The van der Waals surface area contributed by atoms with Crippen LogP contribution in [0.3, 0.4) is 0 Å². The number of H-pyrrole nitrogens is 3. The Morgan fingerprint density at radius 3 is 0.581 bits per heavy atom. The van der Waals surface area contributed by atoms with Crippen molar-refractivity contribution in [2.24, 2.45) is 0 Å². The zero-order valence-electron chi connectivity index (χ0n) is 21.4. The fourth-order valence-corrected chi connectivity index (χ4v) is 1.20. The summed E-state index contributed by atoms with van der Waals surface area (Å²) >= 11 is 0. The molecule has 0 spiro atoms. The van der Waals surface area contributed by atoms with Crippen molar-refractivity contribution < 1.29 is 113 Å². The summed E-state index contributed by atoms with van der Waals surface area (Å²) in [7, 11) is 0. The Morgan fingerprint density at radius 2 is 0.535 bits per heavy atom. The van der Waals surface area contributed by atoms with Crippen LogP contribution < -0.4 is 62.8 Å². The molecule has 3 heterocycles. The van der Waals surface area contributed by atoms with E-state index >= 15 is 0 Å². The predicted molar refractivity (Wildman–Crippen MR) is 120 cm³/mol. The molecule has 234 valence electrons. The normalized spacial score (nSPS) is 7.26. The topological polar surface area (TPSA) is 453 Å². The second-order valence-corrected chi connectivity index (χ2v) is 5.72. The summed E-state index contributed by atoms with van der Waals surface area (Å²) in [5.74, 6) is -13.1. The Kier molecular flexibility index (Phi) is 42.7. The first-order valence-electron chi connectivity index (χ1n) is 9.53. The molecule has 3 rings (SSSR count). The molecule has 0 saturated heterocycles. The molecular formula is C21H25N6NbO15. The van der Waals surface area contributed by atoms with Gasteiger partial charge in [0.1, 0.15) is 0 Å². The summed E-state index contributed by atoms with van der Waals surface area (Å²) in [5.41, 5.74) is 18.4. The van der Waals surface area contributed by atoms with Gasteiger partial charge in [0, 0.05) is 53.5 Å². The monoisotopic (exact) mass is 694 g/mol. The van der Waals surface area contributed by atoms with Crippen molar-refractivity contribution in [2.45, 2.75) is 0 Å². The molecular weight excluding hydrogens is 669 g/mol. The van der Waals surface area contributed by atoms with Crippen LogP contribution in [0.5, 0.6) is 0 Å². The molecule has 0 fully saturated rings. The number of carboxylic acid groups (broad SMARTS) is 6. The van der Waals surface area contributed by atoms with Gasteiger partial charge >= 0.3 is 22.4 Å².